The quantitative estimate of drug-likeness (QED) is 0.769. The van der Waals surface area contributed by atoms with Crippen molar-refractivity contribution in [2.45, 2.75) is 6.92 Å². The molecule has 0 aromatic carbocycles. The largest absolute Gasteiger partial charge is 0.442 e. The number of furan rings is 1. The zero-order valence-corrected chi connectivity index (χ0v) is 11.5. The second-order valence-corrected chi connectivity index (χ2v) is 4.57. The lowest BCUT2D eigenvalue weighted by atomic mass is 10.1. The summed E-state index contributed by atoms with van der Waals surface area (Å²) in [6.07, 6.45) is 4.48. The molecule has 0 unspecified atom stereocenters. The van der Waals surface area contributed by atoms with Crippen LogP contribution in [0, 0.1) is 6.92 Å². The summed E-state index contributed by atoms with van der Waals surface area (Å²) >= 11 is 0. The van der Waals surface area contributed by atoms with Crippen molar-refractivity contribution in [3.8, 4) is 0 Å². The minimum Gasteiger partial charge on any atom is -0.442 e. The Kier molecular flexibility index (Phi) is 3.02. The predicted octanol–water partition coefficient (Wildman–Crippen LogP) is 1.48. The molecule has 3 rings (SSSR count). The number of nitrogens with one attached hydrogen (secondary N) is 1. The van der Waals surface area contributed by atoms with Gasteiger partial charge in [0.25, 0.3) is 11.5 Å². The van der Waals surface area contributed by atoms with Gasteiger partial charge in [-0.1, -0.05) is 0 Å². The summed E-state index contributed by atoms with van der Waals surface area (Å²) in [6, 6.07) is 3.41. The molecule has 0 aliphatic carbocycles. The van der Waals surface area contributed by atoms with Gasteiger partial charge >= 0.3 is 0 Å². The Bertz CT molecular complexity index is 880. The van der Waals surface area contributed by atoms with Crippen LogP contribution in [0.4, 0.5) is 5.69 Å². The minimum absolute atomic E-state index is 0.159. The molecule has 0 aliphatic heterocycles. The zero-order valence-electron chi connectivity index (χ0n) is 11.5. The molecule has 7 heteroatoms. The van der Waals surface area contributed by atoms with E-state index < -0.39 is 5.91 Å². The average molecular weight is 284 g/mol. The topological polar surface area (TPSA) is 90.0 Å². The van der Waals surface area contributed by atoms with E-state index in [9.17, 15) is 9.59 Å². The summed E-state index contributed by atoms with van der Waals surface area (Å²) in [6.45, 7) is 1.62. The van der Waals surface area contributed by atoms with Gasteiger partial charge in [-0.25, -0.2) is 4.98 Å². The molecular formula is C14H12N4O3. The number of aromatic nitrogens is 3. The molecule has 0 saturated heterocycles. The van der Waals surface area contributed by atoms with Crippen molar-refractivity contribution in [3.05, 3.63) is 52.5 Å². The van der Waals surface area contributed by atoms with Crippen LogP contribution in [0.2, 0.25) is 0 Å². The number of fused-ring (bicyclic) bond motifs is 1. The van der Waals surface area contributed by atoms with E-state index in [4.69, 9.17) is 4.42 Å². The lowest BCUT2D eigenvalue weighted by Crippen LogP contribution is -2.20. The highest BCUT2D eigenvalue weighted by Crippen LogP contribution is 2.21. The minimum atomic E-state index is -0.427. The van der Waals surface area contributed by atoms with Crippen LogP contribution < -0.4 is 10.9 Å². The summed E-state index contributed by atoms with van der Waals surface area (Å²) in [5.41, 5.74) is 0.569. The van der Waals surface area contributed by atoms with Gasteiger partial charge < -0.3 is 14.3 Å². The van der Waals surface area contributed by atoms with Gasteiger partial charge in [0, 0.05) is 13.2 Å². The smallest absolute Gasteiger partial charge is 0.265 e. The number of carbonyl (C=O) groups is 1. The first-order valence-corrected chi connectivity index (χ1v) is 6.24. The van der Waals surface area contributed by atoms with Gasteiger partial charge in [-0.15, -0.1) is 0 Å². The van der Waals surface area contributed by atoms with E-state index in [-0.39, 0.29) is 22.2 Å². The molecule has 7 nitrogen and oxygen atoms in total. The Morgan fingerprint density at radius 1 is 1.43 bits per heavy atom. The maximum absolute atomic E-state index is 12.4. The molecule has 0 fully saturated rings. The van der Waals surface area contributed by atoms with Gasteiger partial charge in [-0.05, 0) is 19.1 Å². The van der Waals surface area contributed by atoms with Crippen LogP contribution in [-0.4, -0.2) is 20.4 Å². The Morgan fingerprint density at radius 3 is 2.95 bits per heavy atom. The van der Waals surface area contributed by atoms with Gasteiger partial charge in [-0.2, -0.15) is 0 Å². The number of nitrogens with zero attached hydrogens (tertiary/aromatic N) is 3. The molecule has 0 aliphatic rings. The van der Waals surface area contributed by atoms with Crippen LogP contribution in [0.3, 0.4) is 0 Å². The number of rotatable bonds is 2. The highest BCUT2D eigenvalue weighted by molar-refractivity contribution is 6.12. The number of pyridine rings is 1. The van der Waals surface area contributed by atoms with Crippen LogP contribution in [0.15, 0.2) is 40.1 Å². The molecule has 3 aromatic rings. The fourth-order valence-corrected chi connectivity index (χ4v) is 2.09. The van der Waals surface area contributed by atoms with E-state index in [0.717, 1.165) is 0 Å². The van der Waals surface area contributed by atoms with Crippen LogP contribution in [0.25, 0.3) is 11.1 Å². The summed E-state index contributed by atoms with van der Waals surface area (Å²) in [4.78, 5) is 32.5. The number of hydrogen-bond donors (Lipinski definition) is 1. The van der Waals surface area contributed by atoms with Crippen molar-refractivity contribution in [3.63, 3.8) is 0 Å². The highest BCUT2D eigenvalue weighted by atomic mass is 16.3. The molecule has 0 atom stereocenters. The van der Waals surface area contributed by atoms with Crippen molar-refractivity contribution in [2.24, 2.45) is 7.05 Å². The maximum atomic E-state index is 12.4. The second kappa shape index (κ2) is 4.86. The molecule has 106 valence electrons. The van der Waals surface area contributed by atoms with Crippen LogP contribution in [0.5, 0.6) is 0 Å². The average Bonchev–Trinajstić information content (AvgIpc) is 2.81. The van der Waals surface area contributed by atoms with Crippen LogP contribution >= 0.6 is 0 Å². The first kappa shape index (κ1) is 13.0. The molecule has 0 radical (unpaired) electrons. The SMILES string of the molecule is Cc1oc2ncn(C)c(=O)c2c1C(=O)Nc1cccnc1. The van der Waals surface area contributed by atoms with E-state index in [2.05, 4.69) is 15.3 Å². The number of anilines is 1. The van der Waals surface area contributed by atoms with Crippen molar-refractivity contribution in [2.75, 3.05) is 5.32 Å². The predicted molar refractivity (Wildman–Crippen MR) is 76.2 cm³/mol. The molecule has 0 spiro atoms. The van der Waals surface area contributed by atoms with Gasteiger partial charge in [0.05, 0.1) is 17.4 Å². The third-order valence-electron chi connectivity index (χ3n) is 3.09. The van der Waals surface area contributed by atoms with Crippen molar-refractivity contribution in [1.29, 1.82) is 0 Å². The molecule has 3 heterocycles. The molecule has 0 saturated carbocycles. The van der Waals surface area contributed by atoms with E-state index in [1.54, 1.807) is 32.3 Å². The van der Waals surface area contributed by atoms with Gasteiger partial charge in [0.15, 0.2) is 0 Å². The third-order valence-corrected chi connectivity index (χ3v) is 3.09. The van der Waals surface area contributed by atoms with Gasteiger partial charge in [0.2, 0.25) is 5.71 Å². The van der Waals surface area contributed by atoms with Gasteiger partial charge in [-0.3, -0.25) is 14.6 Å². The summed E-state index contributed by atoms with van der Waals surface area (Å²) in [5, 5.41) is 2.87. The molecule has 1 N–H and O–H groups in total. The first-order valence-electron chi connectivity index (χ1n) is 6.24. The van der Waals surface area contributed by atoms with Crippen molar-refractivity contribution >= 4 is 22.7 Å². The number of hydrogen-bond acceptors (Lipinski definition) is 5. The van der Waals surface area contributed by atoms with E-state index in [1.807, 2.05) is 0 Å². The Labute approximate surface area is 119 Å². The Balaban J connectivity index is 2.12. The molecule has 0 bridgehead atoms. The lowest BCUT2D eigenvalue weighted by molar-refractivity contribution is 0.102. The first-order chi connectivity index (χ1) is 10.1. The third kappa shape index (κ3) is 2.18. The zero-order chi connectivity index (χ0) is 15.0. The summed E-state index contributed by atoms with van der Waals surface area (Å²) in [5.74, 6) is -0.0773. The van der Waals surface area contributed by atoms with E-state index in [1.165, 1.54) is 17.1 Å². The monoisotopic (exact) mass is 284 g/mol. The molecule has 3 aromatic heterocycles. The fourth-order valence-electron chi connectivity index (χ4n) is 2.09. The lowest BCUT2D eigenvalue weighted by Gasteiger charge is -2.03. The molecule has 21 heavy (non-hydrogen) atoms. The van der Waals surface area contributed by atoms with Crippen molar-refractivity contribution < 1.29 is 9.21 Å². The Morgan fingerprint density at radius 2 is 2.24 bits per heavy atom. The number of carbonyl (C=O) groups excluding carboxylic acids is 1. The number of aryl methyl sites for hydroxylation is 2. The van der Waals surface area contributed by atoms with Crippen LogP contribution in [-0.2, 0) is 7.05 Å². The van der Waals surface area contributed by atoms with Crippen LogP contribution in [0.1, 0.15) is 16.1 Å². The summed E-state index contributed by atoms with van der Waals surface area (Å²) in [7, 11) is 1.57. The summed E-state index contributed by atoms with van der Waals surface area (Å²) < 4.78 is 6.70. The second-order valence-electron chi connectivity index (χ2n) is 4.57. The molecular weight excluding hydrogens is 272 g/mol. The van der Waals surface area contributed by atoms with E-state index in [0.29, 0.717) is 11.4 Å². The van der Waals surface area contributed by atoms with Gasteiger partial charge in [0.1, 0.15) is 17.5 Å². The highest BCUT2D eigenvalue weighted by Gasteiger charge is 2.22. The van der Waals surface area contributed by atoms with E-state index >= 15 is 0 Å². The Hall–Kier alpha value is -2.96. The normalized spacial score (nSPS) is 10.8. The fraction of sp³-hybridized carbons (Fsp3) is 0.143. The van der Waals surface area contributed by atoms with Crippen molar-refractivity contribution in [1.82, 2.24) is 14.5 Å². The maximum Gasteiger partial charge on any atom is 0.265 e. The molecule has 1 amide bonds. The number of amides is 1. The standard InChI is InChI=1S/C14H12N4O3/c1-8-10(12(19)17-9-4-3-5-15-6-9)11-13(21-8)16-7-18(2)14(11)20/h3-7H,1-2H3,(H,17,19).